The smallest absolute Gasteiger partial charge is 0.310 e. The van der Waals surface area contributed by atoms with Gasteiger partial charge in [0.25, 0.3) is 0 Å². The van der Waals surface area contributed by atoms with Crippen molar-refractivity contribution in [3.63, 3.8) is 0 Å². The second kappa shape index (κ2) is 5.67. The van der Waals surface area contributed by atoms with E-state index in [0.717, 1.165) is 0 Å². The van der Waals surface area contributed by atoms with Gasteiger partial charge in [0, 0.05) is 25.5 Å². The van der Waals surface area contributed by atoms with Gasteiger partial charge in [-0.1, -0.05) is 18.5 Å². The summed E-state index contributed by atoms with van der Waals surface area (Å²) >= 11 is 5.91. The van der Waals surface area contributed by atoms with E-state index >= 15 is 0 Å². The first-order chi connectivity index (χ1) is 9.37. The first-order valence-corrected chi connectivity index (χ1v) is 7.87. The largest absolute Gasteiger partial charge is 0.469 e. The van der Waals surface area contributed by atoms with Gasteiger partial charge < -0.3 is 4.74 Å². The lowest BCUT2D eigenvalue weighted by Gasteiger charge is -2.16. The lowest BCUT2D eigenvalue weighted by molar-refractivity contribution is -0.145. The van der Waals surface area contributed by atoms with Crippen LogP contribution in [0.25, 0.3) is 0 Å². The van der Waals surface area contributed by atoms with E-state index in [0.29, 0.717) is 0 Å². The van der Waals surface area contributed by atoms with Crippen LogP contribution in [-0.4, -0.2) is 43.9 Å². The van der Waals surface area contributed by atoms with Crippen molar-refractivity contribution >= 4 is 27.6 Å². The molecular formula is C12H15ClN2O4S. The zero-order valence-corrected chi connectivity index (χ0v) is 12.7. The number of carbonyl (C=O) groups is 1. The molecule has 20 heavy (non-hydrogen) atoms. The number of pyridine rings is 1. The first-order valence-electron chi connectivity index (χ1n) is 6.05. The number of sulfonamides is 1. The van der Waals surface area contributed by atoms with Crippen molar-refractivity contribution in [2.24, 2.45) is 11.8 Å². The number of carbonyl (C=O) groups excluding carboxylic acids is 1. The third kappa shape index (κ3) is 2.65. The third-order valence-electron chi connectivity index (χ3n) is 3.43. The molecule has 0 amide bonds. The van der Waals surface area contributed by atoms with Crippen LogP contribution in [0.5, 0.6) is 0 Å². The molecule has 1 aliphatic rings. The van der Waals surface area contributed by atoms with Gasteiger partial charge in [-0.3, -0.25) is 9.78 Å². The van der Waals surface area contributed by atoms with E-state index in [1.54, 1.807) is 0 Å². The molecule has 1 aromatic rings. The summed E-state index contributed by atoms with van der Waals surface area (Å²) in [6, 6.07) is 1.42. The Balaban J connectivity index is 2.29. The summed E-state index contributed by atoms with van der Waals surface area (Å²) in [4.78, 5) is 15.4. The summed E-state index contributed by atoms with van der Waals surface area (Å²) in [6.07, 6.45) is 2.64. The van der Waals surface area contributed by atoms with Crippen LogP contribution in [0.2, 0.25) is 5.02 Å². The van der Waals surface area contributed by atoms with Gasteiger partial charge in [0.1, 0.15) is 4.90 Å². The van der Waals surface area contributed by atoms with Crippen LogP contribution in [0.4, 0.5) is 0 Å². The van der Waals surface area contributed by atoms with Gasteiger partial charge in [0.2, 0.25) is 10.0 Å². The first kappa shape index (κ1) is 15.2. The van der Waals surface area contributed by atoms with Crippen molar-refractivity contribution < 1.29 is 17.9 Å². The highest BCUT2D eigenvalue weighted by molar-refractivity contribution is 7.89. The second-order valence-corrected chi connectivity index (χ2v) is 7.05. The predicted octanol–water partition coefficient (Wildman–Crippen LogP) is 1.16. The zero-order valence-electron chi connectivity index (χ0n) is 11.1. The van der Waals surface area contributed by atoms with Crippen molar-refractivity contribution in [1.82, 2.24) is 9.29 Å². The maximum absolute atomic E-state index is 12.5. The number of nitrogens with zero attached hydrogens (tertiary/aromatic N) is 2. The van der Waals surface area contributed by atoms with Crippen molar-refractivity contribution in [2.45, 2.75) is 11.8 Å². The summed E-state index contributed by atoms with van der Waals surface area (Å²) in [7, 11) is -2.45. The van der Waals surface area contributed by atoms with Gasteiger partial charge in [-0.05, 0) is 12.0 Å². The van der Waals surface area contributed by atoms with Crippen molar-refractivity contribution in [3.05, 3.63) is 23.5 Å². The predicted molar refractivity (Wildman–Crippen MR) is 72.7 cm³/mol. The Morgan fingerprint density at radius 3 is 2.80 bits per heavy atom. The quantitative estimate of drug-likeness (QED) is 0.782. The number of methoxy groups -OCH3 is 1. The summed E-state index contributed by atoms with van der Waals surface area (Å²) in [5.41, 5.74) is 0. The minimum absolute atomic E-state index is 0.0422. The fraction of sp³-hybridized carbons (Fsp3) is 0.500. The van der Waals surface area contributed by atoms with Crippen molar-refractivity contribution in [3.8, 4) is 0 Å². The van der Waals surface area contributed by atoms with Crippen LogP contribution in [-0.2, 0) is 19.6 Å². The van der Waals surface area contributed by atoms with Crippen LogP contribution in [0.15, 0.2) is 23.4 Å². The summed E-state index contributed by atoms with van der Waals surface area (Å²) < 4.78 is 31.0. The Morgan fingerprint density at radius 1 is 1.50 bits per heavy atom. The number of ether oxygens (including phenoxy) is 1. The molecule has 0 N–H and O–H groups in total. The minimum atomic E-state index is -3.75. The number of aromatic nitrogens is 1. The summed E-state index contributed by atoms with van der Waals surface area (Å²) in [5, 5.41) is 0.120. The van der Waals surface area contributed by atoms with Crippen LogP contribution in [0.1, 0.15) is 6.92 Å². The second-order valence-electron chi connectivity index (χ2n) is 4.74. The molecule has 0 spiro atoms. The monoisotopic (exact) mass is 318 g/mol. The van der Waals surface area contributed by atoms with E-state index in [-0.39, 0.29) is 28.9 Å². The number of hydrogen-bond acceptors (Lipinski definition) is 5. The minimum Gasteiger partial charge on any atom is -0.469 e. The molecule has 1 aliphatic heterocycles. The summed E-state index contributed by atoms with van der Waals surface area (Å²) in [5.74, 6) is -0.953. The Morgan fingerprint density at radius 2 is 2.20 bits per heavy atom. The molecule has 1 fully saturated rings. The normalized spacial score (nSPS) is 23.8. The van der Waals surface area contributed by atoms with Crippen LogP contribution < -0.4 is 0 Å². The molecule has 0 saturated carbocycles. The molecule has 0 bridgehead atoms. The lowest BCUT2D eigenvalue weighted by atomic mass is 9.99. The highest BCUT2D eigenvalue weighted by Gasteiger charge is 2.41. The van der Waals surface area contributed by atoms with Gasteiger partial charge in [-0.15, -0.1) is 0 Å². The number of rotatable bonds is 3. The SMILES string of the molecule is COC(=O)C1CN(S(=O)(=O)c2cnccc2Cl)CC1C. The highest BCUT2D eigenvalue weighted by Crippen LogP contribution is 2.31. The molecular weight excluding hydrogens is 304 g/mol. The average molecular weight is 319 g/mol. The summed E-state index contributed by atoms with van der Waals surface area (Å²) in [6.45, 7) is 2.18. The third-order valence-corrected chi connectivity index (χ3v) is 5.74. The molecule has 1 aromatic heterocycles. The fourth-order valence-electron chi connectivity index (χ4n) is 2.27. The fourth-order valence-corrected chi connectivity index (χ4v) is 4.24. The Bertz CT molecular complexity index is 620. The lowest BCUT2D eigenvalue weighted by Crippen LogP contribution is -2.30. The van der Waals surface area contributed by atoms with Gasteiger partial charge in [-0.2, -0.15) is 4.31 Å². The molecule has 0 aromatic carbocycles. The number of halogens is 1. The molecule has 2 unspecified atom stereocenters. The Labute approximate surface area is 122 Å². The molecule has 0 radical (unpaired) electrons. The standard InChI is InChI=1S/C12H15ClN2O4S/c1-8-6-15(7-9(8)12(16)19-2)20(17,18)11-5-14-4-3-10(11)13/h3-5,8-9H,6-7H2,1-2H3. The molecule has 2 atom stereocenters. The Hall–Kier alpha value is -1.18. The maximum Gasteiger partial charge on any atom is 0.310 e. The molecule has 6 nitrogen and oxygen atoms in total. The topological polar surface area (TPSA) is 76.6 Å². The number of hydrogen-bond donors (Lipinski definition) is 0. The van der Waals surface area contributed by atoms with E-state index in [2.05, 4.69) is 4.98 Å². The van der Waals surface area contributed by atoms with E-state index < -0.39 is 21.9 Å². The van der Waals surface area contributed by atoms with E-state index in [4.69, 9.17) is 16.3 Å². The van der Waals surface area contributed by atoms with Crippen molar-refractivity contribution in [1.29, 1.82) is 0 Å². The molecule has 2 heterocycles. The van der Waals surface area contributed by atoms with Gasteiger partial charge in [0.05, 0.1) is 18.1 Å². The molecule has 2 rings (SSSR count). The number of esters is 1. The van der Waals surface area contributed by atoms with Gasteiger partial charge >= 0.3 is 5.97 Å². The van der Waals surface area contributed by atoms with Crippen molar-refractivity contribution in [2.75, 3.05) is 20.2 Å². The molecule has 110 valence electrons. The van der Waals surface area contributed by atoms with Crippen LogP contribution >= 0.6 is 11.6 Å². The average Bonchev–Trinajstić information content (AvgIpc) is 2.81. The molecule has 1 saturated heterocycles. The Kier molecular flexibility index (Phi) is 4.31. The maximum atomic E-state index is 12.5. The molecule has 0 aliphatic carbocycles. The van der Waals surface area contributed by atoms with Crippen LogP contribution in [0, 0.1) is 11.8 Å². The van der Waals surface area contributed by atoms with Gasteiger partial charge in [-0.25, -0.2) is 8.42 Å². The van der Waals surface area contributed by atoms with E-state index in [9.17, 15) is 13.2 Å². The van der Waals surface area contributed by atoms with E-state index in [1.807, 2.05) is 6.92 Å². The zero-order chi connectivity index (χ0) is 14.9. The van der Waals surface area contributed by atoms with Crippen LogP contribution in [0.3, 0.4) is 0 Å². The molecule has 8 heteroatoms. The highest BCUT2D eigenvalue weighted by atomic mass is 35.5. The van der Waals surface area contributed by atoms with E-state index in [1.165, 1.54) is 29.9 Å². The van der Waals surface area contributed by atoms with Gasteiger partial charge in [0.15, 0.2) is 0 Å².